The standard InChI is InChI=1S/C19H19.C9H13.C2H6Si.2ClH.Zr/c1-2-3-8-15-9-4-6-11-17(15)19-14-13-16-10-5-7-12-18(16)19;1-6-5-7(2)9(4)8(6)3;1-3-2;;;/h4-7,9-14H,2-3,8H2,1H3;6H,1-4H3;1-2H3;2*1H;/q2*-1;;;;+2/p-2. The van der Waals surface area contributed by atoms with Crippen molar-refractivity contribution >= 4 is 16.2 Å². The maximum Gasteiger partial charge on any atom is -1.00 e. The fourth-order valence-corrected chi connectivity index (χ4v) is 3.92. The molecule has 3 aromatic carbocycles. The van der Waals surface area contributed by atoms with E-state index in [9.17, 15) is 0 Å². The number of halogens is 2. The molecule has 1 aliphatic rings. The van der Waals surface area contributed by atoms with Gasteiger partial charge in [0.1, 0.15) is 0 Å². The molecule has 1 atom stereocenters. The van der Waals surface area contributed by atoms with Gasteiger partial charge in [0.15, 0.2) is 0 Å². The zero-order chi connectivity index (χ0) is 23.7. The third-order valence-electron chi connectivity index (χ3n) is 6.02. The van der Waals surface area contributed by atoms with Crippen LogP contribution in [0.5, 0.6) is 0 Å². The van der Waals surface area contributed by atoms with Crippen LogP contribution in [-0.2, 0) is 29.8 Å². The van der Waals surface area contributed by atoms with Crippen LogP contribution in [0, 0.1) is 12.0 Å². The summed E-state index contributed by atoms with van der Waals surface area (Å²) >= 11 is 1.74. The summed E-state index contributed by atoms with van der Waals surface area (Å²) in [6.45, 7) is 15.5. The summed E-state index contributed by atoms with van der Waals surface area (Å²) in [7, 11) is 0. The van der Waals surface area contributed by atoms with Gasteiger partial charge in [-0.25, -0.2) is 5.57 Å². The van der Waals surface area contributed by atoms with E-state index in [4.69, 9.17) is 0 Å². The number of benzene rings is 2. The van der Waals surface area contributed by atoms with Gasteiger partial charge in [0.2, 0.25) is 0 Å². The van der Waals surface area contributed by atoms with Crippen molar-refractivity contribution in [1.82, 2.24) is 0 Å². The minimum absolute atomic E-state index is 0. The quantitative estimate of drug-likeness (QED) is 0.325. The van der Waals surface area contributed by atoms with Gasteiger partial charge in [-0.05, 0) is 12.8 Å². The third-order valence-corrected chi connectivity index (χ3v) is 6.02. The molecule has 4 heteroatoms. The van der Waals surface area contributed by atoms with E-state index in [1.165, 1.54) is 63.4 Å². The zero-order valence-electron chi connectivity index (χ0n) is 21.7. The van der Waals surface area contributed by atoms with E-state index in [0.717, 1.165) is 0 Å². The molecule has 3 aromatic rings. The van der Waals surface area contributed by atoms with E-state index in [2.05, 4.69) is 114 Å². The molecular weight excluding hydrogens is 551 g/mol. The SMILES string of the molecule is CC1=[C-]C(C)C(C)=C1C.CCCCc1ccccc1-c1c[cH-]c2ccccc12.C[Si](C)=[Zr+2].[Cl-].[Cl-]. The zero-order valence-corrected chi connectivity index (χ0v) is 26.7. The number of fused-ring (bicyclic) bond motifs is 1. The van der Waals surface area contributed by atoms with Crippen LogP contribution < -0.4 is 24.8 Å². The second-order valence-electron chi connectivity index (χ2n) is 8.89. The fraction of sp³-hybridized carbons (Fsp3) is 0.367. The summed E-state index contributed by atoms with van der Waals surface area (Å²) in [4.78, 5) is 0. The summed E-state index contributed by atoms with van der Waals surface area (Å²) in [6, 6.07) is 22.0. The summed E-state index contributed by atoms with van der Waals surface area (Å²) < 4.78 is 0. The van der Waals surface area contributed by atoms with Crippen molar-refractivity contribution < 1.29 is 48.1 Å². The molecule has 0 saturated heterocycles. The number of unbranched alkanes of at least 4 members (excludes halogenated alkanes) is 1. The maximum absolute atomic E-state index is 3.36. The first-order valence-corrected chi connectivity index (χ1v) is 18.0. The Labute approximate surface area is 235 Å². The Hall–Kier alpha value is -0.790. The van der Waals surface area contributed by atoms with Crippen LogP contribution in [0.2, 0.25) is 13.1 Å². The molecule has 182 valence electrons. The van der Waals surface area contributed by atoms with Gasteiger partial charge in [0.05, 0.1) is 0 Å². The van der Waals surface area contributed by atoms with Crippen molar-refractivity contribution in [3.63, 3.8) is 0 Å². The molecule has 0 radical (unpaired) electrons. The Morgan fingerprint density at radius 3 is 2.06 bits per heavy atom. The van der Waals surface area contributed by atoms with Gasteiger partial charge < -0.3 is 24.8 Å². The van der Waals surface area contributed by atoms with Crippen LogP contribution in [0.15, 0.2) is 77.4 Å². The molecule has 0 spiro atoms. The fourth-order valence-electron chi connectivity index (χ4n) is 3.92. The second-order valence-corrected chi connectivity index (χ2v) is 18.3. The molecule has 0 saturated carbocycles. The average Bonchev–Trinajstić information content (AvgIpc) is 3.29. The first-order chi connectivity index (χ1) is 15.3. The van der Waals surface area contributed by atoms with E-state index < -0.39 is 0 Å². The molecule has 0 amide bonds. The molecule has 1 aliphatic carbocycles. The number of hydrogen-bond donors (Lipinski definition) is 0. The molecule has 34 heavy (non-hydrogen) atoms. The van der Waals surface area contributed by atoms with Gasteiger partial charge in [-0.1, -0.05) is 81.5 Å². The smallest absolute Gasteiger partial charge is 1.00 e. The predicted molar refractivity (Wildman–Crippen MR) is 141 cm³/mol. The van der Waals surface area contributed by atoms with Crippen molar-refractivity contribution in [1.29, 1.82) is 0 Å². The number of aryl methyl sites for hydroxylation is 1. The van der Waals surface area contributed by atoms with Crippen LogP contribution >= 0.6 is 0 Å². The van der Waals surface area contributed by atoms with Gasteiger partial charge in [0, 0.05) is 0 Å². The Bertz CT molecular complexity index is 1100. The normalized spacial score (nSPS) is 14.1. The van der Waals surface area contributed by atoms with Crippen LogP contribution in [0.4, 0.5) is 0 Å². The van der Waals surface area contributed by atoms with Crippen molar-refractivity contribution in [2.45, 2.75) is 67.0 Å². The summed E-state index contributed by atoms with van der Waals surface area (Å²) in [5, 5.41) is 2.70. The molecule has 0 fully saturated rings. The molecule has 0 heterocycles. The average molecular weight is 589 g/mol. The number of hydrogen-bond acceptors (Lipinski definition) is 0. The van der Waals surface area contributed by atoms with E-state index in [1.54, 1.807) is 23.3 Å². The van der Waals surface area contributed by atoms with Gasteiger partial charge in [0.25, 0.3) is 0 Å². The van der Waals surface area contributed by atoms with Gasteiger partial charge in [-0.15, -0.1) is 53.6 Å². The molecule has 0 aromatic heterocycles. The largest absolute Gasteiger partial charge is 1.00 e. The summed E-state index contributed by atoms with van der Waals surface area (Å²) in [6.07, 6.45) is 7.04. The molecular formula is C30H38Cl2SiZr-2. The minimum Gasteiger partial charge on any atom is -1.00 e. The van der Waals surface area contributed by atoms with E-state index in [1.807, 2.05) is 0 Å². The maximum atomic E-state index is 3.36. The second kappa shape index (κ2) is 16.8. The van der Waals surface area contributed by atoms with Crippen molar-refractivity contribution in [2.24, 2.45) is 5.92 Å². The van der Waals surface area contributed by atoms with Gasteiger partial charge in [-0.2, -0.15) is 11.1 Å². The Morgan fingerprint density at radius 1 is 0.941 bits per heavy atom. The minimum atomic E-state index is 0. The first kappa shape index (κ1) is 33.2. The van der Waals surface area contributed by atoms with Crippen LogP contribution in [0.25, 0.3) is 21.9 Å². The molecule has 0 aliphatic heterocycles. The van der Waals surface area contributed by atoms with Crippen LogP contribution in [0.3, 0.4) is 0 Å². The van der Waals surface area contributed by atoms with Crippen LogP contribution in [0.1, 0.15) is 53.0 Å². The third kappa shape index (κ3) is 9.69. The van der Waals surface area contributed by atoms with E-state index in [-0.39, 0.29) is 30.2 Å². The molecule has 4 rings (SSSR count). The van der Waals surface area contributed by atoms with E-state index >= 15 is 0 Å². The van der Waals surface area contributed by atoms with Crippen molar-refractivity contribution in [3.8, 4) is 11.1 Å². The summed E-state index contributed by atoms with van der Waals surface area (Å²) in [5.74, 6) is 0.560. The Balaban J connectivity index is 0.000000614. The molecule has 1 unspecified atom stereocenters. The first-order valence-electron chi connectivity index (χ1n) is 11.8. The monoisotopic (exact) mass is 586 g/mol. The van der Waals surface area contributed by atoms with Crippen LogP contribution in [-0.4, -0.2) is 5.43 Å². The molecule has 0 N–H and O–H groups in total. The van der Waals surface area contributed by atoms with Gasteiger partial charge in [-0.3, -0.25) is 6.08 Å². The van der Waals surface area contributed by atoms with Crippen molar-refractivity contribution in [2.75, 3.05) is 0 Å². The Kier molecular flexibility index (Phi) is 16.4. The number of rotatable bonds is 4. The predicted octanol–water partition coefficient (Wildman–Crippen LogP) is 3.08. The topological polar surface area (TPSA) is 0 Å². The summed E-state index contributed by atoms with van der Waals surface area (Å²) in [5.41, 5.74) is 8.71. The van der Waals surface area contributed by atoms with Gasteiger partial charge >= 0.3 is 41.9 Å². The Morgan fingerprint density at radius 2 is 1.53 bits per heavy atom. The number of allylic oxidation sites excluding steroid dienone is 4. The molecule has 0 bridgehead atoms. The van der Waals surface area contributed by atoms with E-state index in [0.29, 0.717) is 5.92 Å². The van der Waals surface area contributed by atoms with Crippen molar-refractivity contribution in [3.05, 3.63) is 89.0 Å². The molecule has 0 nitrogen and oxygen atoms in total.